The molecule has 16 heavy (non-hydrogen) atoms. The Morgan fingerprint density at radius 1 is 1.69 bits per heavy atom. The van der Waals surface area contributed by atoms with Crippen LogP contribution in [-0.4, -0.2) is 28.3 Å². The van der Waals surface area contributed by atoms with E-state index in [0.717, 1.165) is 25.2 Å². The normalized spacial score (nSPS) is 25.4. The zero-order valence-corrected chi connectivity index (χ0v) is 9.73. The van der Waals surface area contributed by atoms with Gasteiger partial charge in [-0.3, -0.25) is 9.48 Å². The average Bonchev–Trinajstić information content (AvgIpc) is 2.65. The molecule has 2 atom stereocenters. The molecule has 5 nitrogen and oxygen atoms in total. The molecule has 0 spiro atoms. The van der Waals surface area contributed by atoms with Crippen molar-refractivity contribution in [1.29, 1.82) is 0 Å². The highest BCUT2D eigenvalue weighted by Gasteiger charge is 2.27. The van der Waals surface area contributed by atoms with E-state index in [0.29, 0.717) is 5.92 Å². The van der Waals surface area contributed by atoms with Gasteiger partial charge in [0.2, 0.25) is 5.91 Å². The second-order valence-electron chi connectivity index (χ2n) is 4.38. The number of nitrogens with zero attached hydrogens (tertiary/aromatic N) is 2. The molecule has 1 amide bonds. The lowest BCUT2D eigenvalue weighted by Gasteiger charge is -2.28. The second-order valence-corrected chi connectivity index (χ2v) is 4.38. The van der Waals surface area contributed by atoms with Crippen molar-refractivity contribution in [3.8, 4) is 0 Å². The highest BCUT2D eigenvalue weighted by molar-refractivity contribution is 5.94. The maximum absolute atomic E-state index is 12.0. The number of hydrogen-bond acceptors (Lipinski definition) is 3. The van der Waals surface area contributed by atoms with Gasteiger partial charge in [-0.05, 0) is 25.3 Å². The van der Waals surface area contributed by atoms with Gasteiger partial charge in [0.25, 0.3) is 0 Å². The predicted molar refractivity (Wildman–Crippen MR) is 62.0 cm³/mol. The molecule has 2 N–H and O–H groups in total. The summed E-state index contributed by atoms with van der Waals surface area (Å²) in [5, 5.41) is 10.2. The number of carbonyl (C=O) groups excluding carboxylic acids is 1. The van der Waals surface area contributed by atoms with Crippen LogP contribution in [0.1, 0.15) is 19.8 Å². The Morgan fingerprint density at radius 2 is 2.50 bits per heavy atom. The van der Waals surface area contributed by atoms with Gasteiger partial charge in [-0.25, -0.2) is 0 Å². The van der Waals surface area contributed by atoms with Crippen LogP contribution in [0.25, 0.3) is 0 Å². The van der Waals surface area contributed by atoms with Crippen LogP contribution in [0.15, 0.2) is 12.3 Å². The van der Waals surface area contributed by atoms with Crippen molar-refractivity contribution in [2.45, 2.75) is 25.8 Å². The van der Waals surface area contributed by atoms with Crippen LogP contribution in [-0.2, 0) is 11.8 Å². The minimum absolute atomic E-state index is 0.0378. The Balaban J connectivity index is 2.00. The molecule has 0 radical (unpaired) electrons. The minimum Gasteiger partial charge on any atom is -0.310 e. The van der Waals surface area contributed by atoms with Gasteiger partial charge in [0.15, 0.2) is 0 Å². The highest BCUT2D eigenvalue weighted by Crippen LogP contribution is 2.17. The average molecular weight is 222 g/mol. The van der Waals surface area contributed by atoms with Crippen molar-refractivity contribution in [2.75, 3.05) is 11.9 Å². The lowest BCUT2D eigenvalue weighted by atomic mass is 9.92. The van der Waals surface area contributed by atoms with E-state index in [1.165, 1.54) is 0 Å². The molecular formula is C11H18N4O. The van der Waals surface area contributed by atoms with Crippen molar-refractivity contribution < 1.29 is 4.79 Å². The van der Waals surface area contributed by atoms with Gasteiger partial charge in [-0.1, -0.05) is 6.92 Å². The molecule has 2 heterocycles. The number of amides is 1. The van der Waals surface area contributed by atoms with Gasteiger partial charge < -0.3 is 10.6 Å². The Hall–Kier alpha value is -1.36. The lowest BCUT2D eigenvalue weighted by molar-refractivity contribution is -0.119. The molecule has 1 aromatic rings. The first-order chi connectivity index (χ1) is 7.68. The maximum atomic E-state index is 12.0. The number of nitrogens with one attached hydrogen (secondary N) is 2. The molecule has 1 fully saturated rings. The molecule has 88 valence electrons. The van der Waals surface area contributed by atoms with Crippen molar-refractivity contribution in [3.05, 3.63) is 12.3 Å². The van der Waals surface area contributed by atoms with E-state index in [2.05, 4.69) is 22.7 Å². The van der Waals surface area contributed by atoms with E-state index in [4.69, 9.17) is 0 Å². The summed E-state index contributed by atoms with van der Waals surface area (Å²) in [5.41, 5.74) is 0. The molecular weight excluding hydrogens is 204 g/mol. The van der Waals surface area contributed by atoms with Crippen molar-refractivity contribution in [3.63, 3.8) is 0 Å². The molecule has 5 heteroatoms. The first kappa shape index (κ1) is 11.1. The van der Waals surface area contributed by atoms with E-state index < -0.39 is 0 Å². The first-order valence-corrected chi connectivity index (χ1v) is 5.70. The highest BCUT2D eigenvalue weighted by atomic mass is 16.2. The number of aryl methyl sites for hydroxylation is 1. The fraction of sp³-hybridized carbons (Fsp3) is 0.636. The summed E-state index contributed by atoms with van der Waals surface area (Å²) in [6.45, 7) is 3.04. The fourth-order valence-corrected chi connectivity index (χ4v) is 2.10. The van der Waals surface area contributed by atoms with E-state index in [-0.39, 0.29) is 11.9 Å². The molecule has 0 aromatic carbocycles. The van der Waals surface area contributed by atoms with Crippen molar-refractivity contribution in [1.82, 2.24) is 15.1 Å². The maximum Gasteiger partial charge on any atom is 0.242 e. The summed E-state index contributed by atoms with van der Waals surface area (Å²) in [4.78, 5) is 12.0. The number of rotatable bonds is 2. The Morgan fingerprint density at radius 3 is 3.12 bits per heavy atom. The third-order valence-corrected chi connectivity index (χ3v) is 3.12. The second kappa shape index (κ2) is 4.65. The summed E-state index contributed by atoms with van der Waals surface area (Å²) in [5.74, 6) is 1.17. The molecule has 2 unspecified atom stereocenters. The molecule has 0 saturated carbocycles. The van der Waals surface area contributed by atoms with Gasteiger partial charge in [-0.15, -0.1) is 0 Å². The molecule has 1 aromatic heterocycles. The minimum atomic E-state index is -0.0800. The van der Waals surface area contributed by atoms with Crippen LogP contribution in [0.5, 0.6) is 0 Å². The zero-order valence-electron chi connectivity index (χ0n) is 9.73. The summed E-state index contributed by atoms with van der Waals surface area (Å²) < 4.78 is 1.66. The van der Waals surface area contributed by atoms with E-state index in [1.54, 1.807) is 16.9 Å². The van der Waals surface area contributed by atoms with Gasteiger partial charge in [-0.2, -0.15) is 5.10 Å². The SMILES string of the molecule is CC1CCCNC1C(=O)Nc1ccnn1C. The standard InChI is InChI=1S/C11H18N4O/c1-8-4-3-6-12-10(8)11(16)14-9-5-7-13-15(9)2/h5,7-8,10,12H,3-4,6H2,1-2H3,(H,14,16). The third-order valence-electron chi connectivity index (χ3n) is 3.12. The van der Waals surface area contributed by atoms with Gasteiger partial charge in [0, 0.05) is 13.1 Å². The van der Waals surface area contributed by atoms with Crippen molar-refractivity contribution >= 4 is 11.7 Å². The smallest absolute Gasteiger partial charge is 0.242 e. The number of piperidine rings is 1. The van der Waals surface area contributed by atoms with E-state index >= 15 is 0 Å². The van der Waals surface area contributed by atoms with Crippen molar-refractivity contribution in [2.24, 2.45) is 13.0 Å². The monoisotopic (exact) mass is 222 g/mol. The summed E-state index contributed by atoms with van der Waals surface area (Å²) in [7, 11) is 1.81. The van der Waals surface area contributed by atoms with Crippen LogP contribution >= 0.6 is 0 Å². The summed E-state index contributed by atoms with van der Waals surface area (Å²) in [6.07, 6.45) is 3.93. The van der Waals surface area contributed by atoms with E-state index in [1.807, 2.05) is 7.05 Å². The van der Waals surface area contributed by atoms with E-state index in [9.17, 15) is 4.79 Å². The van der Waals surface area contributed by atoms with Gasteiger partial charge in [0.05, 0.1) is 12.2 Å². The third kappa shape index (κ3) is 2.24. The fourth-order valence-electron chi connectivity index (χ4n) is 2.10. The van der Waals surface area contributed by atoms with Gasteiger partial charge in [0.1, 0.15) is 5.82 Å². The summed E-state index contributed by atoms with van der Waals surface area (Å²) >= 11 is 0. The summed E-state index contributed by atoms with van der Waals surface area (Å²) in [6, 6.07) is 1.72. The number of anilines is 1. The molecule has 2 rings (SSSR count). The van der Waals surface area contributed by atoms with Crippen LogP contribution in [0.2, 0.25) is 0 Å². The zero-order chi connectivity index (χ0) is 11.5. The molecule has 1 aliphatic rings. The Bertz CT molecular complexity index is 374. The Kier molecular flexibility index (Phi) is 3.24. The molecule has 1 aliphatic heterocycles. The first-order valence-electron chi connectivity index (χ1n) is 5.70. The van der Waals surface area contributed by atoms with Crippen LogP contribution in [0.3, 0.4) is 0 Å². The lowest BCUT2D eigenvalue weighted by Crippen LogP contribution is -2.48. The number of hydrogen-bond donors (Lipinski definition) is 2. The molecule has 1 saturated heterocycles. The van der Waals surface area contributed by atoms with Crippen LogP contribution in [0.4, 0.5) is 5.82 Å². The van der Waals surface area contributed by atoms with Crippen LogP contribution < -0.4 is 10.6 Å². The quantitative estimate of drug-likeness (QED) is 0.776. The topological polar surface area (TPSA) is 59.0 Å². The number of aromatic nitrogens is 2. The number of carbonyl (C=O) groups is 1. The Labute approximate surface area is 95.2 Å². The van der Waals surface area contributed by atoms with Gasteiger partial charge >= 0.3 is 0 Å². The van der Waals surface area contributed by atoms with Crippen LogP contribution in [0, 0.1) is 5.92 Å². The molecule has 0 aliphatic carbocycles. The predicted octanol–water partition coefficient (Wildman–Crippen LogP) is 0.747. The molecule has 0 bridgehead atoms. The largest absolute Gasteiger partial charge is 0.310 e.